The minimum atomic E-state index is -0.826. The molecule has 0 aromatic heterocycles. The second kappa shape index (κ2) is 4.23. The number of aliphatic hydroxyl groups is 2. The van der Waals surface area contributed by atoms with Gasteiger partial charge in [0.05, 0.1) is 12.7 Å². The van der Waals surface area contributed by atoms with Crippen molar-refractivity contribution < 1.29 is 19.3 Å². The third kappa shape index (κ3) is 1.65. The second-order valence-electron chi connectivity index (χ2n) is 4.10. The highest BCUT2D eigenvalue weighted by Gasteiger charge is 2.36. The van der Waals surface area contributed by atoms with Gasteiger partial charge in [-0.15, -0.1) is 0 Å². The number of aliphatic hydroxyl groups excluding tert-OH is 2. The lowest BCUT2D eigenvalue weighted by Crippen LogP contribution is -2.24. The zero-order chi connectivity index (χ0) is 12.7. The van der Waals surface area contributed by atoms with E-state index in [2.05, 4.69) is 15.0 Å². The third-order valence-electron chi connectivity index (χ3n) is 3.00. The molecule has 1 unspecified atom stereocenters. The van der Waals surface area contributed by atoms with Crippen LogP contribution in [-0.2, 0) is 4.74 Å². The summed E-state index contributed by atoms with van der Waals surface area (Å²) in [5, 5.41) is 18.6. The van der Waals surface area contributed by atoms with Gasteiger partial charge in [-0.2, -0.15) is 4.39 Å². The number of aromatic nitrogens is 4. The number of fused-ring (bicyclic) bond motifs is 1. The molecule has 0 spiro atoms. The van der Waals surface area contributed by atoms with Crippen molar-refractivity contribution in [3.05, 3.63) is 18.6 Å². The van der Waals surface area contributed by atoms with Crippen molar-refractivity contribution in [2.45, 2.75) is 24.9 Å². The molecule has 3 heterocycles. The van der Waals surface area contributed by atoms with Crippen LogP contribution in [0, 0.1) is 5.95 Å². The molecule has 3 rings (SSSR count). The average Bonchev–Trinajstić information content (AvgIpc) is 2.96. The van der Waals surface area contributed by atoms with Crippen LogP contribution in [0.2, 0.25) is 0 Å². The summed E-state index contributed by atoms with van der Waals surface area (Å²) in [5.74, 6) is -0.394. The summed E-state index contributed by atoms with van der Waals surface area (Å²) in [6.45, 7) is -0.314. The van der Waals surface area contributed by atoms with E-state index in [1.807, 2.05) is 0 Å². The molecular weight excluding hydrogens is 243 g/mol. The Bertz CT molecular complexity index is 534. The van der Waals surface area contributed by atoms with Crippen molar-refractivity contribution in [3.63, 3.8) is 0 Å². The predicted octanol–water partition coefficient (Wildman–Crippen LogP) is -0.442. The molecule has 7 nitrogen and oxygen atoms in total. The van der Waals surface area contributed by atoms with Crippen LogP contribution in [-0.4, -0.2) is 48.5 Å². The molecule has 18 heavy (non-hydrogen) atoms. The molecule has 8 heteroatoms. The summed E-state index contributed by atoms with van der Waals surface area (Å²) in [4.78, 5) is 11.5. The normalized spacial score (nSPS) is 28.1. The number of rotatable bonds is 2. The van der Waals surface area contributed by atoms with Gasteiger partial charge in [-0.1, -0.05) is 0 Å². The summed E-state index contributed by atoms with van der Waals surface area (Å²) >= 11 is 0. The lowest BCUT2D eigenvalue weighted by atomic mass is 10.2. The van der Waals surface area contributed by atoms with Gasteiger partial charge in [0, 0.05) is 6.42 Å². The second-order valence-corrected chi connectivity index (χ2v) is 4.10. The van der Waals surface area contributed by atoms with Crippen molar-refractivity contribution >= 4 is 0 Å². The van der Waals surface area contributed by atoms with Gasteiger partial charge < -0.3 is 14.9 Å². The maximum Gasteiger partial charge on any atom is 0.226 e. The van der Waals surface area contributed by atoms with E-state index in [4.69, 9.17) is 9.84 Å². The van der Waals surface area contributed by atoms with Gasteiger partial charge in [-0.25, -0.2) is 15.0 Å². The molecule has 3 atom stereocenters. The van der Waals surface area contributed by atoms with Crippen LogP contribution in [0.3, 0.4) is 0 Å². The first kappa shape index (κ1) is 11.5. The average molecular weight is 254 g/mol. The molecular formula is C10H11FN4O3. The van der Waals surface area contributed by atoms with Crippen molar-refractivity contribution in [1.29, 1.82) is 0 Å². The highest BCUT2D eigenvalue weighted by molar-refractivity contribution is 5.48. The van der Waals surface area contributed by atoms with Gasteiger partial charge in [0.1, 0.15) is 25.0 Å². The van der Waals surface area contributed by atoms with Crippen molar-refractivity contribution in [1.82, 2.24) is 19.5 Å². The van der Waals surface area contributed by atoms with E-state index < -0.39 is 24.4 Å². The van der Waals surface area contributed by atoms with E-state index >= 15 is 0 Å². The van der Waals surface area contributed by atoms with Crippen LogP contribution < -0.4 is 0 Å². The lowest BCUT2D eigenvalue weighted by molar-refractivity contribution is -0.0481. The Morgan fingerprint density at radius 1 is 1.44 bits per heavy atom. The van der Waals surface area contributed by atoms with Crippen LogP contribution in [0.1, 0.15) is 12.6 Å². The van der Waals surface area contributed by atoms with Gasteiger partial charge in [0.25, 0.3) is 0 Å². The molecule has 0 amide bonds. The number of nitrogens with zero attached hydrogens (tertiary/aromatic N) is 4. The fourth-order valence-corrected chi connectivity index (χ4v) is 2.04. The summed E-state index contributed by atoms with van der Waals surface area (Å²) in [6, 6.07) is 0. The van der Waals surface area contributed by atoms with E-state index in [0.717, 1.165) is 4.57 Å². The molecule has 0 bridgehead atoms. The van der Waals surface area contributed by atoms with E-state index in [9.17, 15) is 9.50 Å². The zero-order valence-corrected chi connectivity index (χ0v) is 9.27. The smallest absolute Gasteiger partial charge is 0.226 e. The minimum absolute atomic E-state index is 0.0584. The standard InChI is InChI=1S/C10H11FN4O3/c11-9-8-10(13-3-12-8)14-4-15(9)7-1-5(17)6(2-16)18-7/h3-7,16-17H,1-2H2/t5-,6+,7?/m0/s1. The van der Waals surface area contributed by atoms with E-state index in [0.29, 0.717) is 0 Å². The van der Waals surface area contributed by atoms with Crippen molar-refractivity contribution in [2.24, 2.45) is 0 Å². The first-order valence-electron chi connectivity index (χ1n) is 5.48. The molecule has 0 aliphatic carbocycles. The Kier molecular flexibility index (Phi) is 2.69. The molecule has 96 valence electrons. The maximum absolute atomic E-state index is 14.1. The highest BCUT2D eigenvalue weighted by atomic mass is 19.1. The van der Waals surface area contributed by atoms with Crippen LogP contribution in [0.5, 0.6) is 0 Å². The van der Waals surface area contributed by atoms with Crippen LogP contribution in [0.4, 0.5) is 4.39 Å². The predicted molar refractivity (Wildman–Crippen MR) is 56.0 cm³/mol. The molecule has 3 aliphatic rings. The third-order valence-corrected chi connectivity index (χ3v) is 3.00. The highest BCUT2D eigenvalue weighted by Crippen LogP contribution is 2.30. The van der Waals surface area contributed by atoms with Gasteiger partial charge in [0.15, 0.2) is 11.5 Å². The molecule has 2 N–H and O–H groups in total. The molecule has 0 aromatic carbocycles. The number of imidazole rings is 1. The molecule has 0 aromatic rings. The van der Waals surface area contributed by atoms with Crippen molar-refractivity contribution in [3.8, 4) is 11.5 Å². The van der Waals surface area contributed by atoms with Crippen LogP contribution in [0.25, 0.3) is 11.5 Å². The molecule has 1 fully saturated rings. The largest absolute Gasteiger partial charge is 0.394 e. The van der Waals surface area contributed by atoms with Gasteiger partial charge in [0.2, 0.25) is 5.95 Å². The molecule has 0 radical (unpaired) electrons. The molecule has 1 saturated heterocycles. The fourth-order valence-electron chi connectivity index (χ4n) is 2.04. The van der Waals surface area contributed by atoms with Crippen LogP contribution >= 0.6 is 0 Å². The maximum atomic E-state index is 14.1. The zero-order valence-electron chi connectivity index (χ0n) is 9.27. The first-order valence-corrected chi connectivity index (χ1v) is 5.48. The number of hydrogen-bond acceptors (Lipinski definition) is 6. The van der Waals surface area contributed by atoms with E-state index in [1.54, 1.807) is 0 Å². The fraction of sp³-hybridized carbons (Fsp3) is 0.500. The monoisotopic (exact) mass is 254 g/mol. The molecule has 3 aliphatic heterocycles. The minimum Gasteiger partial charge on any atom is -0.394 e. The van der Waals surface area contributed by atoms with Crippen LogP contribution in [0.15, 0.2) is 12.7 Å². The quantitative estimate of drug-likeness (QED) is 0.705. The Morgan fingerprint density at radius 3 is 3.00 bits per heavy atom. The Morgan fingerprint density at radius 2 is 2.28 bits per heavy atom. The topological polar surface area (TPSA) is 93.3 Å². The summed E-state index contributed by atoms with van der Waals surface area (Å²) < 4.78 is 20.6. The van der Waals surface area contributed by atoms with Gasteiger partial charge in [-0.3, -0.25) is 4.57 Å². The molecule has 0 saturated carbocycles. The number of halogens is 1. The first-order chi connectivity index (χ1) is 8.70. The van der Waals surface area contributed by atoms with E-state index in [1.165, 1.54) is 12.7 Å². The summed E-state index contributed by atoms with van der Waals surface area (Å²) in [6.07, 6.45) is 0.436. The summed E-state index contributed by atoms with van der Waals surface area (Å²) in [7, 11) is 0. The Hall–Kier alpha value is -1.64. The Labute approximate surface area is 101 Å². The van der Waals surface area contributed by atoms with Crippen molar-refractivity contribution in [2.75, 3.05) is 6.61 Å². The lowest BCUT2D eigenvalue weighted by Gasteiger charge is -2.16. The van der Waals surface area contributed by atoms with Gasteiger partial charge in [-0.05, 0) is 0 Å². The SMILES string of the molecule is OC[C@H]1OC(n2cnc3ncnc-3c2F)C[C@@H]1O. The summed E-state index contributed by atoms with van der Waals surface area (Å²) in [5.41, 5.74) is 0.0584. The van der Waals surface area contributed by atoms with E-state index in [-0.39, 0.29) is 24.5 Å². The number of hydrogen-bond donors (Lipinski definition) is 2. The Balaban J connectivity index is 1.96. The number of ether oxygens (including phenoxy) is 1. The van der Waals surface area contributed by atoms with Gasteiger partial charge >= 0.3 is 0 Å².